The highest BCUT2D eigenvalue weighted by Gasteiger charge is 2.05. The number of carbonyl (C=O) groups is 2. The number of carbonyl (C=O) groups excluding carboxylic acids is 2. The normalized spacial score (nSPS) is 11.0. The van der Waals surface area contributed by atoms with Gasteiger partial charge in [-0.3, -0.25) is 9.59 Å². The van der Waals surface area contributed by atoms with Crippen LogP contribution in [0.4, 0.5) is 5.69 Å². The van der Waals surface area contributed by atoms with Crippen LogP contribution in [0.1, 0.15) is 29.8 Å². The van der Waals surface area contributed by atoms with Crippen molar-refractivity contribution in [1.82, 2.24) is 5.43 Å². The molecule has 0 saturated heterocycles. The molecule has 2 N–H and O–H groups in total. The van der Waals surface area contributed by atoms with Crippen LogP contribution in [0.2, 0.25) is 0 Å². The van der Waals surface area contributed by atoms with Crippen LogP contribution >= 0.6 is 15.9 Å². The van der Waals surface area contributed by atoms with E-state index in [-0.39, 0.29) is 11.8 Å². The topological polar surface area (TPSA) is 70.6 Å². The van der Waals surface area contributed by atoms with Crippen LogP contribution in [0, 0.1) is 0 Å². The van der Waals surface area contributed by atoms with Crippen LogP contribution in [0.3, 0.4) is 0 Å². The Hall–Kier alpha value is -2.47. The van der Waals surface area contributed by atoms with Crippen molar-refractivity contribution in [2.75, 3.05) is 5.32 Å². The largest absolute Gasteiger partial charge is 0.326 e. The summed E-state index contributed by atoms with van der Waals surface area (Å²) >= 11 is 3.37. The van der Waals surface area contributed by atoms with Crippen molar-refractivity contribution < 1.29 is 9.59 Å². The maximum Gasteiger partial charge on any atom is 0.271 e. The molecule has 0 saturated carbocycles. The molecule has 0 aliphatic heterocycles. The van der Waals surface area contributed by atoms with E-state index in [0.29, 0.717) is 17.0 Å². The van der Waals surface area contributed by atoms with E-state index < -0.39 is 0 Å². The fraction of sp³-hybridized carbons (Fsp3) is 0.118. The number of hydrazone groups is 1. The smallest absolute Gasteiger partial charge is 0.271 e. The number of anilines is 1. The van der Waals surface area contributed by atoms with Gasteiger partial charge >= 0.3 is 0 Å². The number of benzene rings is 2. The highest BCUT2D eigenvalue weighted by atomic mass is 79.9. The average molecular weight is 374 g/mol. The monoisotopic (exact) mass is 373 g/mol. The van der Waals surface area contributed by atoms with Gasteiger partial charge in [0.15, 0.2) is 0 Å². The molecule has 0 radical (unpaired) electrons. The molecule has 0 unspecified atom stereocenters. The van der Waals surface area contributed by atoms with Gasteiger partial charge in [-0.05, 0) is 48.9 Å². The molecule has 6 heteroatoms. The SMILES string of the molecule is CC(=O)Nc1ccc(C(=O)N/N=C(\C)c2ccc(Br)cc2)cc1. The highest BCUT2D eigenvalue weighted by molar-refractivity contribution is 9.10. The molecule has 23 heavy (non-hydrogen) atoms. The predicted octanol–water partition coefficient (Wildman–Crippen LogP) is 3.56. The molecule has 0 heterocycles. The summed E-state index contributed by atoms with van der Waals surface area (Å²) in [5.41, 5.74) is 5.26. The van der Waals surface area contributed by atoms with Gasteiger partial charge in [0.2, 0.25) is 5.91 Å². The zero-order valence-corrected chi connectivity index (χ0v) is 14.3. The number of halogens is 1. The molecule has 118 valence electrons. The molecule has 0 aromatic heterocycles. The lowest BCUT2D eigenvalue weighted by Crippen LogP contribution is -2.19. The zero-order chi connectivity index (χ0) is 16.8. The average Bonchev–Trinajstić information content (AvgIpc) is 2.53. The Labute approximate surface area is 142 Å². The van der Waals surface area contributed by atoms with E-state index in [0.717, 1.165) is 10.0 Å². The Morgan fingerprint density at radius 3 is 2.04 bits per heavy atom. The number of nitrogens with one attached hydrogen (secondary N) is 2. The minimum absolute atomic E-state index is 0.156. The number of hydrogen-bond donors (Lipinski definition) is 2. The molecule has 5 nitrogen and oxygen atoms in total. The van der Waals surface area contributed by atoms with Crippen molar-refractivity contribution in [3.63, 3.8) is 0 Å². The van der Waals surface area contributed by atoms with Gasteiger partial charge in [0, 0.05) is 22.6 Å². The van der Waals surface area contributed by atoms with Crippen molar-refractivity contribution in [3.05, 3.63) is 64.1 Å². The third-order valence-corrected chi connectivity index (χ3v) is 3.58. The van der Waals surface area contributed by atoms with Gasteiger partial charge in [0.1, 0.15) is 0 Å². The van der Waals surface area contributed by atoms with E-state index in [1.165, 1.54) is 6.92 Å². The molecule has 0 atom stereocenters. The lowest BCUT2D eigenvalue weighted by atomic mass is 10.1. The molecule has 0 aliphatic rings. The lowest BCUT2D eigenvalue weighted by Gasteiger charge is -2.05. The molecule has 2 rings (SSSR count). The zero-order valence-electron chi connectivity index (χ0n) is 12.8. The lowest BCUT2D eigenvalue weighted by molar-refractivity contribution is -0.114. The van der Waals surface area contributed by atoms with Crippen LogP contribution in [-0.2, 0) is 4.79 Å². The van der Waals surface area contributed by atoms with Crippen LogP contribution in [-0.4, -0.2) is 17.5 Å². The Kier molecular flexibility index (Phi) is 5.65. The third-order valence-electron chi connectivity index (χ3n) is 3.05. The Morgan fingerprint density at radius 2 is 1.48 bits per heavy atom. The van der Waals surface area contributed by atoms with Gasteiger partial charge in [-0.15, -0.1) is 0 Å². The quantitative estimate of drug-likeness (QED) is 0.635. The first kappa shape index (κ1) is 16.9. The summed E-state index contributed by atoms with van der Waals surface area (Å²) in [6, 6.07) is 14.3. The van der Waals surface area contributed by atoms with Crippen LogP contribution in [0.15, 0.2) is 58.1 Å². The van der Waals surface area contributed by atoms with E-state index in [1.807, 2.05) is 31.2 Å². The van der Waals surface area contributed by atoms with Crippen LogP contribution in [0.5, 0.6) is 0 Å². The number of rotatable bonds is 4. The van der Waals surface area contributed by atoms with Crippen LogP contribution < -0.4 is 10.7 Å². The fourth-order valence-corrected chi connectivity index (χ4v) is 2.13. The van der Waals surface area contributed by atoms with Gasteiger partial charge in [0.25, 0.3) is 5.91 Å². The number of nitrogens with zero attached hydrogens (tertiary/aromatic N) is 1. The molecule has 0 fully saturated rings. The van der Waals surface area contributed by atoms with Crippen molar-refractivity contribution in [3.8, 4) is 0 Å². The second-order valence-corrected chi connectivity index (χ2v) is 5.82. The fourth-order valence-electron chi connectivity index (χ4n) is 1.86. The summed E-state index contributed by atoms with van der Waals surface area (Å²) in [6.07, 6.45) is 0. The Bertz CT molecular complexity index is 737. The van der Waals surface area contributed by atoms with Crippen molar-refractivity contribution >= 4 is 39.1 Å². The first-order chi connectivity index (χ1) is 11.0. The molecular formula is C17H16BrN3O2. The highest BCUT2D eigenvalue weighted by Crippen LogP contribution is 2.12. The first-order valence-corrected chi connectivity index (χ1v) is 7.73. The first-order valence-electron chi connectivity index (χ1n) is 6.94. The summed E-state index contributed by atoms with van der Waals surface area (Å²) in [7, 11) is 0. The van der Waals surface area contributed by atoms with E-state index >= 15 is 0 Å². The summed E-state index contributed by atoms with van der Waals surface area (Å²) in [5.74, 6) is -0.465. The minimum atomic E-state index is -0.309. The molecule has 0 bridgehead atoms. The standard InChI is InChI=1S/C17H16BrN3O2/c1-11(13-3-7-15(18)8-4-13)20-21-17(23)14-5-9-16(10-6-14)19-12(2)22/h3-10H,1-2H3,(H,19,22)(H,21,23)/b20-11+. The molecule has 2 aromatic carbocycles. The second-order valence-electron chi connectivity index (χ2n) is 4.90. The number of hydrogen-bond acceptors (Lipinski definition) is 3. The summed E-state index contributed by atoms with van der Waals surface area (Å²) < 4.78 is 0.984. The van der Waals surface area contributed by atoms with Gasteiger partial charge in [-0.1, -0.05) is 28.1 Å². The second kappa shape index (κ2) is 7.69. The van der Waals surface area contributed by atoms with Crippen LogP contribution in [0.25, 0.3) is 0 Å². The summed E-state index contributed by atoms with van der Waals surface area (Å²) in [6.45, 7) is 3.25. The maximum absolute atomic E-state index is 12.1. The van der Waals surface area contributed by atoms with E-state index in [4.69, 9.17) is 0 Å². The van der Waals surface area contributed by atoms with E-state index in [2.05, 4.69) is 31.8 Å². The van der Waals surface area contributed by atoms with Gasteiger partial charge < -0.3 is 5.32 Å². The van der Waals surface area contributed by atoms with Crippen molar-refractivity contribution in [1.29, 1.82) is 0 Å². The third kappa shape index (κ3) is 5.03. The summed E-state index contributed by atoms with van der Waals surface area (Å²) in [4.78, 5) is 23.0. The van der Waals surface area contributed by atoms with Crippen molar-refractivity contribution in [2.24, 2.45) is 5.10 Å². The maximum atomic E-state index is 12.1. The molecular weight excluding hydrogens is 358 g/mol. The molecule has 0 aliphatic carbocycles. The molecule has 2 amide bonds. The number of amides is 2. The molecule has 2 aromatic rings. The predicted molar refractivity (Wildman–Crippen MR) is 94.6 cm³/mol. The van der Waals surface area contributed by atoms with Crippen molar-refractivity contribution in [2.45, 2.75) is 13.8 Å². The summed E-state index contributed by atoms with van der Waals surface area (Å²) in [5, 5.41) is 6.75. The molecule has 0 spiro atoms. The van der Waals surface area contributed by atoms with Gasteiger partial charge in [-0.2, -0.15) is 5.10 Å². The van der Waals surface area contributed by atoms with Gasteiger partial charge in [-0.25, -0.2) is 5.43 Å². The minimum Gasteiger partial charge on any atom is -0.326 e. The Morgan fingerprint density at radius 1 is 0.913 bits per heavy atom. The van der Waals surface area contributed by atoms with E-state index in [9.17, 15) is 9.59 Å². The Balaban J connectivity index is 2.02. The van der Waals surface area contributed by atoms with Gasteiger partial charge in [0.05, 0.1) is 5.71 Å². The van der Waals surface area contributed by atoms with E-state index in [1.54, 1.807) is 24.3 Å².